The van der Waals surface area contributed by atoms with Crippen LogP contribution in [0.2, 0.25) is 0 Å². The summed E-state index contributed by atoms with van der Waals surface area (Å²) in [5.41, 5.74) is 2.35. The summed E-state index contributed by atoms with van der Waals surface area (Å²) in [4.78, 5) is 16.6. The van der Waals surface area contributed by atoms with E-state index in [0.29, 0.717) is 13.1 Å². The number of hydrogen-bond donors (Lipinski definition) is 0. The van der Waals surface area contributed by atoms with Crippen LogP contribution in [0.1, 0.15) is 12.5 Å². The highest BCUT2D eigenvalue weighted by molar-refractivity contribution is 7.89. The summed E-state index contributed by atoms with van der Waals surface area (Å²) in [6.45, 7) is 3.47. The van der Waals surface area contributed by atoms with E-state index in [4.69, 9.17) is 0 Å². The molecule has 0 unspecified atom stereocenters. The van der Waals surface area contributed by atoms with Gasteiger partial charge in [-0.1, -0.05) is 24.3 Å². The number of amides is 1. The van der Waals surface area contributed by atoms with Crippen molar-refractivity contribution in [1.29, 1.82) is 0 Å². The summed E-state index contributed by atoms with van der Waals surface area (Å²) >= 11 is 0. The first-order chi connectivity index (χ1) is 13.9. The molecule has 6 nitrogen and oxygen atoms in total. The number of piperazine rings is 1. The number of rotatable bonds is 4. The average Bonchev–Trinajstić information content (AvgIpc) is 3.03. The Morgan fingerprint density at radius 2 is 1.79 bits per heavy atom. The van der Waals surface area contributed by atoms with Crippen molar-refractivity contribution in [3.05, 3.63) is 59.9 Å². The second-order valence-electron chi connectivity index (χ2n) is 7.55. The second-order valence-corrected chi connectivity index (χ2v) is 9.49. The van der Waals surface area contributed by atoms with Crippen molar-refractivity contribution in [2.45, 2.75) is 24.3 Å². The minimum Gasteiger partial charge on any atom is -0.359 e. The molecule has 0 saturated carbocycles. The highest BCUT2D eigenvalue weighted by atomic mass is 32.2. The van der Waals surface area contributed by atoms with Crippen molar-refractivity contribution in [1.82, 2.24) is 9.21 Å². The number of nitrogens with zero attached hydrogens (tertiary/aromatic N) is 3. The molecule has 2 aromatic rings. The fourth-order valence-electron chi connectivity index (χ4n) is 4.07. The normalized spacial score (nSPS) is 20.0. The van der Waals surface area contributed by atoms with Gasteiger partial charge in [-0.3, -0.25) is 4.79 Å². The smallest absolute Gasteiger partial charge is 0.243 e. The molecule has 2 aliphatic rings. The third-order valence-electron chi connectivity index (χ3n) is 5.68. The van der Waals surface area contributed by atoms with Gasteiger partial charge in [-0.15, -0.1) is 0 Å². The number of halogens is 1. The number of benzene rings is 2. The van der Waals surface area contributed by atoms with Gasteiger partial charge >= 0.3 is 0 Å². The van der Waals surface area contributed by atoms with Gasteiger partial charge in [0.15, 0.2) is 0 Å². The Balaban J connectivity index is 1.39. The van der Waals surface area contributed by atoms with E-state index in [1.54, 1.807) is 4.90 Å². The molecule has 29 heavy (non-hydrogen) atoms. The number of fused-ring (bicyclic) bond motifs is 1. The zero-order chi connectivity index (χ0) is 20.6. The molecular weight excluding hydrogens is 393 g/mol. The molecule has 0 radical (unpaired) electrons. The highest BCUT2D eigenvalue weighted by Crippen LogP contribution is 2.31. The van der Waals surface area contributed by atoms with Gasteiger partial charge in [0.2, 0.25) is 15.9 Å². The van der Waals surface area contributed by atoms with Crippen LogP contribution >= 0.6 is 0 Å². The summed E-state index contributed by atoms with van der Waals surface area (Å²) in [5, 5.41) is 0. The maximum Gasteiger partial charge on any atom is 0.243 e. The molecule has 154 valence electrons. The molecule has 0 N–H and O–H groups in total. The molecule has 0 spiro atoms. The van der Waals surface area contributed by atoms with Crippen molar-refractivity contribution in [2.75, 3.05) is 37.6 Å². The van der Waals surface area contributed by atoms with Gasteiger partial charge in [0.1, 0.15) is 5.82 Å². The molecule has 0 bridgehead atoms. The first kappa shape index (κ1) is 19.8. The van der Waals surface area contributed by atoms with E-state index >= 15 is 0 Å². The van der Waals surface area contributed by atoms with Crippen LogP contribution in [-0.4, -0.2) is 62.3 Å². The maximum absolute atomic E-state index is 13.4. The lowest BCUT2D eigenvalue weighted by Gasteiger charge is -2.35. The first-order valence-electron chi connectivity index (χ1n) is 9.74. The Labute approximate surface area is 170 Å². The number of carbonyl (C=O) groups is 1. The second kappa shape index (κ2) is 7.76. The van der Waals surface area contributed by atoms with E-state index in [1.165, 1.54) is 28.1 Å². The van der Waals surface area contributed by atoms with Crippen LogP contribution in [0.25, 0.3) is 0 Å². The Morgan fingerprint density at radius 1 is 1.07 bits per heavy atom. The molecule has 8 heteroatoms. The van der Waals surface area contributed by atoms with Gasteiger partial charge in [0, 0.05) is 37.9 Å². The lowest BCUT2D eigenvalue weighted by Crippen LogP contribution is -2.53. The van der Waals surface area contributed by atoms with Gasteiger partial charge in [0.05, 0.1) is 11.4 Å². The van der Waals surface area contributed by atoms with Gasteiger partial charge < -0.3 is 9.80 Å². The lowest BCUT2D eigenvalue weighted by atomic mass is 10.1. The Kier molecular flexibility index (Phi) is 5.31. The molecular formula is C21H24FN3O3S. The molecule has 2 heterocycles. The summed E-state index contributed by atoms with van der Waals surface area (Å²) in [6, 6.07) is 13.4. The van der Waals surface area contributed by atoms with Crippen LogP contribution in [0.3, 0.4) is 0 Å². The van der Waals surface area contributed by atoms with E-state index in [2.05, 4.69) is 17.9 Å². The molecule has 1 atom stereocenters. The van der Waals surface area contributed by atoms with Gasteiger partial charge in [-0.2, -0.15) is 4.31 Å². The van der Waals surface area contributed by atoms with E-state index < -0.39 is 15.8 Å². The summed E-state index contributed by atoms with van der Waals surface area (Å²) in [5.74, 6) is -0.587. The number of carbonyl (C=O) groups excluding carboxylic acids is 1. The number of anilines is 1. The topological polar surface area (TPSA) is 60.9 Å². The third-order valence-corrected chi connectivity index (χ3v) is 7.57. The number of hydrogen-bond acceptors (Lipinski definition) is 4. The average molecular weight is 418 g/mol. The molecule has 2 aliphatic heterocycles. The molecule has 0 aliphatic carbocycles. The molecule has 1 saturated heterocycles. The molecule has 0 aromatic heterocycles. The predicted octanol–water partition coefficient (Wildman–Crippen LogP) is 2.11. The standard InChI is InChI=1S/C21H24FN3O3S/c1-16-13-17-5-2-3-8-20(17)25(16)15-21(26)23-9-11-24(12-10-23)29(27,28)19-7-4-6-18(22)14-19/h2-8,14,16H,9-13,15H2,1H3/t16-/m0/s1. The van der Waals surface area contributed by atoms with E-state index in [-0.39, 0.29) is 36.5 Å². The Hall–Kier alpha value is -2.45. The summed E-state index contributed by atoms with van der Waals surface area (Å²) < 4.78 is 40.2. The SMILES string of the molecule is C[C@H]1Cc2ccccc2N1CC(=O)N1CCN(S(=O)(=O)c2cccc(F)c2)CC1. The molecule has 2 aromatic carbocycles. The van der Waals surface area contributed by atoms with Crippen molar-refractivity contribution >= 4 is 21.6 Å². The van der Waals surface area contributed by atoms with Crippen molar-refractivity contribution in [3.63, 3.8) is 0 Å². The Bertz CT molecular complexity index is 1020. The largest absolute Gasteiger partial charge is 0.359 e. The lowest BCUT2D eigenvalue weighted by molar-refractivity contribution is -0.130. The van der Waals surface area contributed by atoms with Crippen LogP contribution in [0, 0.1) is 5.82 Å². The minimum absolute atomic E-state index is 0.00337. The van der Waals surface area contributed by atoms with Crippen LogP contribution in [0.5, 0.6) is 0 Å². The summed E-state index contributed by atoms with van der Waals surface area (Å²) in [6.07, 6.45) is 0.920. The van der Waals surface area contributed by atoms with Crippen LogP contribution < -0.4 is 4.90 Å². The number of para-hydroxylation sites is 1. The third kappa shape index (κ3) is 3.86. The highest BCUT2D eigenvalue weighted by Gasteiger charge is 2.33. The summed E-state index contributed by atoms with van der Waals surface area (Å²) in [7, 11) is -3.76. The zero-order valence-corrected chi connectivity index (χ0v) is 17.1. The van der Waals surface area contributed by atoms with Crippen molar-refractivity contribution in [3.8, 4) is 0 Å². The fourth-order valence-corrected chi connectivity index (χ4v) is 5.52. The van der Waals surface area contributed by atoms with E-state index in [1.807, 2.05) is 18.2 Å². The van der Waals surface area contributed by atoms with Crippen LogP contribution in [0.4, 0.5) is 10.1 Å². The van der Waals surface area contributed by atoms with Crippen LogP contribution in [-0.2, 0) is 21.2 Å². The maximum atomic E-state index is 13.4. The van der Waals surface area contributed by atoms with Crippen LogP contribution in [0.15, 0.2) is 53.4 Å². The minimum atomic E-state index is -3.76. The molecule has 1 amide bonds. The molecule has 1 fully saturated rings. The molecule has 4 rings (SSSR count). The van der Waals surface area contributed by atoms with E-state index in [0.717, 1.165) is 18.2 Å². The van der Waals surface area contributed by atoms with Crippen molar-refractivity contribution < 1.29 is 17.6 Å². The monoisotopic (exact) mass is 417 g/mol. The fraction of sp³-hybridized carbons (Fsp3) is 0.381. The Morgan fingerprint density at radius 3 is 2.52 bits per heavy atom. The van der Waals surface area contributed by atoms with Crippen molar-refractivity contribution in [2.24, 2.45) is 0 Å². The van der Waals surface area contributed by atoms with Gasteiger partial charge in [0.25, 0.3) is 0 Å². The quantitative estimate of drug-likeness (QED) is 0.765. The van der Waals surface area contributed by atoms with Gasteiger partial charge in [-0.05, 0) is 43.2 Å². The van der Waals surface area contributed by atoms with Gasteiger partial charge in [-0.25, -0.2) is 12.8 Å². The number of sulfonamides is 1. The predicted molar refractivity (Wildman–Crippen MR) is 109 cm³/mol. The van der Waals surface area contributed by atoms with E-state index in [9.17, 15) is 17.6 Å². The zero-order valence-electron chi connectivity index (χ0n) is 16.3. The first-order valence-corrected chi connectivity index (χ1v) is 11.2.